The van der Waals surface area contributed by atoms with Gasteiger partial charge < -0.3 is 10.5 Å². The minimum atomic E-state index is 0.0355. The summed E-state index contributed by atoms with van der Waals surface area (Å²) in [6, 6.07) is 16.3. The monoisotopic (exact) mass is 227 g/mol. The molecule has 2 rings (SSSR count). The van der Waals surface area contributed by atoms with Gasteiger partial charge in [0.15, 0.2) is 0 Å². The molecule has 2 nitrogen and oxygen atoms in total. The Hall–Kier alpha value is -1.80. The van der Waals surface area contributed by atoms with E-state index in [0.29, 0.717) is 0 Å². The molecule has 1 unspecified atom stereocenters. The van der Waals surface area contributed by atoms with Crippen LogP contribution in [0, 0.1) is 0 Å². The van der Waals surface area contributed by atoms with Crippen LogP contribution >= 0.6 is 0 Å². The average Bonchev–Trinajstić information content (AvgIpc) is 2.39. The van der Waals surface area contributed by atoms with E-state index in [1.165, 1.54) is 11.1 Å². The highest BCUT2D eigenvalue weighted by atomic mass is 16.5. The van der Waals surface area contributed by atoms with Crippen LogP contribution < -0.4 is 10.5 Å². The SMILES string of the molecule is COc1ccc(-c2ccccc2C(C)N)cc1. The van der Waals surface area contributed by atoms with Crippen LogP contribution in [0.3, 0.4) is 0 Å². The molecule has 2 aromatic rings. The van der Waals surface area contributed by atoms with Gasteiger partial charge in [-0.05, 0) is 35.7 Å². The van der Waals surface area contributed by atoms with Gasteiger partial charge in [-0.2, -0.15) is 0 Å². The fourth-order valence-corrected chi connectivity index (χ4v) is 1.93. The summed E-state index contributed by atoms with van der Waals surface area (Å²) in [5, 5.41) is 0. The van der Waals surface area contributed by atoms with Gasteiger partial charge in [0.05, 0.1) is 7.11 Å². The molecule has 0 radical (unpaired) electrons. The highest BCUT2D eigenvalue weighted by Gasteiger charge is 2.07. The predicted molar refractivity (Wildman–Crippen MR) is 71.0 cm³/mol. The third-order valence-corrected chi connectivity index (χ3v) is 2.85. The third-order valence-electron chi connectivity index (χ3n) is 2.85. The van der Waals surface area contributed by atoms with Crippen LogP contribution in [0.1, 0.15) is 18.5 Å². The smallest absolute Gasteiger partial charge is 0.118 e. The summed E-state index contributed by atoms with van der Waals surface area (Å²) in [5.41, 5.74) is 9.50. The fourth-order valence-electron chi connectivity index (χ4n) is 1.93. The molecule has 88 valence electrons. The lowest BCUT2D eigenvalue weighted by atomic mass is 9.96. The van der Waals surface area contributed by atoms with Gasteiger partial charge in [0.2, 0.25) is 0 Å². The molecule has 0 heterocycles. The summed E-state index contributed by atoms with van der Waals surface area (Å²) in [6.07, 6.45) is 0. The number of hydrogen-bond donors (Lipinski definition) is 1. The average molecular weight is 227 g/mol. The van der Waals surface area contributed by atoms with E-state index in [2.05, 4.69) is 24.3 Å². The first-order valence-electron chi connectivity index (χ1n) is 5.71. The molecular formula is C15H17NO. The van der Waals surface area contributed by atoms with Gasteiger partial charge in [0.25, 0.3) is 0 Å². The van der Waals surface area contributed by atoms with Crippen LogP contribution in [0.15, 0.2) is 48.5 Å². The molecule has 0 saturated carbocycles. The number of rotatable bonds is 3. The molecule has 0 bridgehead atoms. The van der Waals surface area contributed by atoms with Crippen LogP contribution in [0.25, 0.3) is 11.1 Å². The Morgan fingerprint density at radius 3 is 2.24 bits per heavy atom. The van der Waals surface area contributed by atoms with Crippen molar-refractivity contribution in [1.82, 2.24) is 0 Å². The maximum Gasteiger partial charge on any atom is 0.118 e. The predicted octanol–water partition coefficient (Wildman–Crippen LogP) is 3.38. The van der Waals surface area contributed by atoms with E-state index in [4.69, 9.17) is 10.5 Å². The molecule has 0 saturated heterocycles. The molecule has 0 fully saturated rings. The van der Waals surface area contributed by atoms with Crippen molar-refractivity contribution in [2.45, 2.75) is 13.0 Å². The molecule has 0 aromatic heterocycles. The maximum atomic E-state index is 5.98. The topological polar surface area (TPSA) is 35.2 Å². The zero-order valence-corrected chi connectivity index (χ0v) is 10.2. The third kappa shape index (κ3) is 2.48. The molecule has 1 atom stereocenters. The second-order valence-electron chi connectivity index (χ2n) is 4.10. The molecular weight excluding hydrogens is 210 g/mol. The van der Waals surface area contributed by atoms with Gasteiger partial charge in [-0.3, -0.25) is 0 Å². The molecule has 0 aliphatic heterocycles. The highest BCUT2D eigenvalue weighted by Crippen LogP contribution is 2.28. The van der Waals surface area contributed by atoms with E-state index in [0.717, 1.165) is 11.3 Å². The van der Waals surface area contributed by atoms with Crippen LogP contribution in [0.2, 0.25) is 0 Å². The summed E-state index contributed by atoms with van der Waals surface area (Å²) < 4.78 is 5.16. The van der Waals surface area contributed by atoms with Crippen LogP contribution in [0.4, 0.5) is 0 Å². The summed E-state index contributed by atoms with van der Waals surface area (Å²) in [5.74, 6) is 0.868. The van der Waals surface area contributed by atoms with Crippen molar-refractivity contribution >= 4 is 0 Å². The summed E-state index contributed by atoms with van der Waals surface area (Å²) >= 11 is 0. The highest BCUT2D eigenvalue weighted by molar-refractivity contribution is 5.68. The zero-order valence-electron chi connectivity index (χ0n) is 10.2. The Bertz CT molecular complexity index is 489. The van der Waals surface area contributed by atoms with Gasteiger partial charge in [-0.1, -0.05) is 36.4 Å². The second-order valence-corrected chi connectivity index (χ2v) is 4.10. The quantitative estimate of drug-likeness (QED) is 0.872. The lowest BCUT2D eigenvalue weighted by Gasteiger charge is -2.13. The van der Waals surface area contributed by atoms with Gasteiger partial charge in [-0.25, -0.2) is 0 Å². The van der Waals surface area contributed by atoms with Crippen molar-refractivity contribution in [3.63, 3.8) is 0 Å². The number of benzene rings is 2. The maximum absolute atomic E-state index is 5.98. The zero-order chi connectivity index (χ0) is 12.3. The van der Waals surface area contributed by atoms with Crippen molar-refractivity contribution in [2.24, 2.45) is 5.73 Å². The Morgan fingerprint density at radius 1 is 1.00 bits per heavy atom. The lowest BCUT2D eigenvalue weighted by Crippen LogP contribution is -2.06. The van der Waals surface area contributed by atoms with Crippen LogP contribution in [-0.4, -0.2) is 7.11 Å². The van der Waals surface area contributed by atoms with Gasteiger partial charge in [-0.15, -0.1) is 0 Å². The molecule has 0 aliphatic rings. The second kappa shape index (κ2) is 5.02. The fraction of sp³-hybridized carbons (Fsp3) is 0.200. The first kappa shape index (κ1) is 11.7. The summed E-state index contributed by atoms with van der Waals surface area (Å²) in [6.45, 7) is 2.00. The molecule has 0 spiro atoms. The van der Waals surface area contributed by atoms with E-state index in [1.807, 2.05) is 31.2 Å². The van der Waals surface area contributed by atoms with E-state index in [1.54, 1.807) is 7.11 Å². The van der Waals surface area contributed by atoms with E-state index < -0.39 is 0 Å². The first-order valence-corrected chi connectivity index (χ1v) is 5.71. The van der Waals surface area contributed by atoms with Crippen molar-refractivity contribution in [2.75, 3.05) is 7.11 Å². The normalized spacial score (nSPS) is 12.2. The number of nitrogens with two attached hydrogens (primary N) is 1. The Kier molecular flexibility index (Phi) is 3.45. The minimum absolute atomic E-state index is 0.0355. The van der Waals surface area contributed by atoms with Crippen molar-refractivity contribution < 1.29 is 4.74 Å². The Labute approximate surface area is 102 Å². The van der Waals surface area contributed by atoms with Crippen LogP contribution in [0.5, 0.6) is 5.75 Å². The van der Waals surface area contributed by atoms with E-state index in [9.17, 15) is 0 Å². The molecule has 2 aromatic carbocycles. The Morgan fingerprint density at radius 2 is 1.65 bits per heavy atom. The number of ether oxygens (including phenoxy) is 1. The van der Waals surface area contributed by atoms with E-state index >= 15 is 0 Å². The molecule has 2 heteroatoms. The van der Waals surface area contributed by atoms with Crippen LogP contribution in [-0.2, 0) is 0 Å². The van der Waals surface area contributed by atoms with Gasteiger partial charge in [0.1, 0.15) is 5.75 Å². The number of hydrogen-bond acceptors (Lipinski definition) is 2. The Balaban J connectivity index is 2.45. The minimum Gasteiger partial charge on any atom is -0.497 e. The lowest BCUT2D eigenvalue weighted by molar-refractivity contribution is 0.415. The number of methoxy groups -OCH3 is 1. The van der Waals surface area contributed by atoms with Crippen molar-refractivity contribution in [3.8, 4) is 16.9 Å². The van der Waals surface area contributed by atoms with Crippen molar-refractivity contribution in [3.05, 3.63) is 54.1 Å². The molecule has 0 aliphatic carbocycles. The van der Waals surface area contributed by atoms with Gasteiger partial charge in [0, 0.05) is 6.04 Å². The summed E-state index contributed by atoms with van der Waals surface area (Å²) in [7, 11) is 1.67. The summed E-state index contributed by atoms with van der Waals surface area (Å²) in [4.78, 5) is 0. The standard InChI is InChI=1S/C15H17NO/c1-11(16)14-5-3-4-6-15(14)12-7-9-13(17-2)10-8-12/h3-11H,16H2,1-2H3. The van der Waals surface area contributed by atoms with Gasteiger partial charge >= 0.3 is 0 Å². The largest absolute Gasteiger partial charge is 0.497 e. The first-order chi connectivity index (χ1) is 8.22. The molecule has 0 amide bonds. The van der Waals surface area contributed by atoms with Crippen molar-refractivity contribution in [1.29, 1.82) is 0 Å². The van der Waals surface area contributed by atoms with E-state index in [-0.39, 0.29) is 6.04 Å². The molecule has 2 N–H and O–H groups in total. The molecule has 17 heavy (non-hydrogen) atoms.